The number of aryl methyl sites for hydroxylation is 2. The molecule has 2 saturated heterocycles. The second-order valence-electron chi connectivity index (χ2n) is 11.8. The molecule has 0 aromatic carbocycles. The maximum atomic E-state index is 13.0. The largest absolute Gasteiger partial charge is 0.488 e. The summed E-state index contributed by atoms with van der Waals surface area (Å²) in [5.74, 6) is -0.0927. The van der Waals surface area contributed by atoms with Gasteiger partial charge in [0.05, 0.1) is 19.8 Å². The molecule has 0 saturated carbocycles. The van der Waals surface area contributed by atoms with E-state index in [1.165, 1.54) is 40.3 Å². The summed E-state index contributed by atoms with van der Waals surface area (Å²) in [4.78, 5) is 71.0. The summed E-state index contributed by atoms with van der Waals surface area (Å²) in [6.07, 6.45) is -10.9. The van der Waals surface area contributed by atoms with Crippen molar-refractivity contribution >= 4 is 51.5 Å². The first-order valence-corrected chi connectivity index (χ1v) is 19.6. The molecule has 29 heteroatoms. The maximum Gasteiger partial charge on any atom is 0.488 e. The number of phosphoric acid groups is 2. The monoisotopic (exact) mass is 801 g/mol. The van der Waals surface area contributed by atoms with Gasteiger partial charge in [0, 0.05) is 14.0 Å². The van der Waals surface area contributed by atoms with Gasteiger partial charge in [-0.05, 0) is 0 Å². The van der Waals surface area contributed by atoms with Gasteiger partial charge in [0.2, 0.25) is 29.3 Å². The van der Waals surface area contributed by atoms with Crippen LogP contribution in [-0.4, -0.2) is 116 Å². The molecule has 0 bridgehead atoms. The SMILES string of the molecule is CO[C@@H]1C(O)[C@H]([n+]2c(C)[nH]c(=O)c3[nH]cnc32)O[C@@H]1CP(=O)(O)OP(=O)(O)OP(=O)(O)OC[C@H]1O[C@@H]([n+]2cn(C)c3c(=O)[nH]c(N)nc32)C(O)[C@H]1O. The number of fused-ring (bicyclic) bond motifs is 2. The molecule has 0 radical (unpaired) electrons. The van der Waals surface area contributed by atoms with Gasteiger partial charge in [-0.1, -0.05) is 9.97 Å². The lowest BCUT2D eigenvalue weighted by atomic mass is 10.1. The molecule has 52 heavy (non-hydrogen) atoms. The quantitative estimate of drug-likeness (QED) is 0.0487. The molecule has 0 aliphatic carbocycles. The van der Waals surface area contributed by atoms with Crippen LogP contribution in [0, 0.1) is 6.92 Å². The average molecular weight is 801 g/mol. The zero-order valence-electron chi connectivity index (χ0n) is 27.0. The standard InChI is InChI=1S/C23H32N9O17P3/c1-8-27-19(36)11-17(26-6-25-11)32(8)22-15(35)16(44-3)10(47-22)5-50(38,39)48-52(42,43)49-51(40,41)45-4-9-13(33)14(34)21(46-9)31-7-30(2)12-18(31)28-23(24)29-20(12)37/h6-7,9-10,13-16,21-22,33-35H,4-5H2,1-3H3,(H6-,24,25,26,28,29,36,37,38,39,40,41,42,43)/p+2/t9-,10-,13+,14?,15?,16+,21-,22-/m1/s1. The second-order valence-corrected chi connectivity index (χ2v) is 16.9. The van der Waals surface area contributed by atoms with Crippen LogP contribution >= 0.6 is 23.2 Å². The fourth-order valence-corrected chi connectivity index (χ4v) is 10.3. The molecule has 2 aliphatic rings. The fourth-order valence-electron chi connectivity index (χ4n) is 6.08. The lowest BCUT2D eigenvalue weighted by Gasteiger charge is -2.23. The van der Waals surface area contributed by atoms with Crippen molar-refractivity contribution < 1.29 is 80.2 Å². The van der Waals surface area contributed by atoms with E-state index in [2.05, 4.69) is 38.1 Å². The molecule has 11 atom stereocenters. The summed E-state index contributed by atoms with van der Waals surface area (Å²) in [5.41, 5.74) is 4.54. The van der Waals surface area contributed by atoms with Crippen molar-refractivity contribution in [1.82, 2.24) is 29.5 Å². The highest BCUT2D eigenvalue weighted by molar-refractivity contribution is 7.68. The number of aromatic amines is 3. The minimum absolute atomic E-state index is 0.0263. The van der Waals surface area contributed by atoms with E-state index in [1.54, 1.807) is 0 Å². The van der Waals surface area contributed by atoms with E-state index in [9.17, 15) is 53.3 Å². The van der Waals surface area contributed by atoms with Crippen LogP contribution in [0.5, 0.6) is 0 Å². The summed E-state index contributed by atoms with van der Waals surface area (Å²) in [7, 11) is -14.2. The van der Waals surface area contributed by atoms with Gasteiger partial charge in [-0.15, -0.1) is 0 Å². The number of aromatic nitrogens is 8. The lowest BCUT2D eigenvalue weighted by Crippen LogP contribution is -2.51. The van der Waals surface area contributed by atoms with Crippen molar-refractivity contribution in [3.63, 3.8) is 0 Å². The molecule has 11 N–H and O–H groups in total. The van der Waals surface area contributed by atoms with E-state index in [4.69, 9.17) is 19.9 Å². The number of anilines is 1. The van der Waals surface area contributed by atoms with Gasteiger partial charge in [-0.2, -0.15) is 4.31 Å². The topological polar surface area (TPSA) is 374 Å². The van der Waals surface area contributed by atoms with Gasteiger partial charge >= 0.3 is 34.4 Å². The average Bonchev–Trinajstić information content (AvgIpc) is 3.76. The zero-order valence-corrected chi connectivity index (χ0v) is 29.7. The van der Waals surface area contributed by atoms with E-state index >= 15 is 0 Å². The molecule has 26 nitrogen and oxygen atoms in total. The van der Waals surface area contributed by atoms with Crippen LogP contribution in [0.4, 0.5) is 5.95 Å². The predicted molar refractivity (Wildman–Crippen MR) is 167 cm³/mol. The molecule has 4 aromatic rings. The van der Waals surface area contributed by atoms with Crippen LogP contribution in [0.1, 0.15) is 18.3 Å². The maximum absolute atomic E-state index is 13.0. The van der Waals surface area contributed by atoms with E-state index < -0.39 is 96.2 Å². The number of H-pyrrole nitrogens is 3. The Balaban J connectivity index is 1.10. The number of rotatable bonds is 12. The number of hydrogen-bond donors (Lipinski definition) is 10. The van der Waals surface area contributed by atoms with Crippen molar-refractivity contribution in [2.45, 2.75) is 56.0 Å². The number of aliphatic hydroxyl groups is 3. The Hall–Kier alpha value is -3.29. The minimum Gasteiger partial charge on any atom is -0.387 e. The molecule has 5 unspecified atom stereocenters. The van der Waals surface area contributed by atoms with E-state index in [0.29, 0.717) is 0 Å². The summed E-state index contributed by atoms with van der Waals surface area (Å²) in [5, 5.41) is 32.2. The van der Waals surface area contributed by atoms with Crippen LogP contribution in [0.25, 0.3) is 22.3 Å². The highest BCUT2D eigenvalue weighted by Gasteiger charge is 2.53. The summed E-state index contributed by atoms with van der Waals surface area (Å²) in [6, 6.07) is 0. The summed E-state index contributed by atoms with van der Waals surface area (Å²) >= 11 is 0. The van der Waals surface area contributed by atoms with Crippen molar-refractivity contribution in [3.8, 4) is 0 Å². The summed E-state index contributed by atoms with van der Waals surface area (Å²) in [6.45, 7) is 0.424. The number of nitrogen functional groups attached to an aromatic ring is 1. The molecule has 0 amide bonds. The van der Waals surface area contributed by atoms with Gasteiger partial charge in [-0.25, -0.2) is 32.4 Å². The van der Waals surface area contributed by atoms with Crippen molar-refractivity contribution in [2.24, 2.45) is 7.05 Å². The first-order chi connectivity index (χ1) is 24.2. The number of aliphatic hydroxyl groups excluding tert-OH is 3. The molecule has 4 aromatic heterocycles. The van der Waals surface area contributed by atoms with Crippen LogP contribution in [-0.2, 0) is 48.1 Å². The number of nitrogens with zero attached hydrogens (tertiary/aromatic N) is 5. The lowest BCUT2D eigenvalue weighted by molar-refractivity contribution is -0.752. The molecular formula is C23H34N9O17P3+2. The zero-order chi connectivity index (χ0) is 38.1. The van der Waals surface area contributed by atoms with Crippen molar-refractivity contribution in [3.05, 3.63) is 39.2 Å². The Kier molecular flexibility index (Phi) is 10.2. The van der Waals surface area contributed by atoms with E-state index in [1.807, 2.05) is 0 Å². The third-order valence-corrected chi connectivity index (χ3v) is 13.0. The number of nitrogens with one attached hydrogen (secondary N) is 3. The first-order valence-electron chi connectivity index (χ1n) is 14.9. The number of phosphoric ester groups is 1. The predicted octanol–water partition coefficient (Wildman–Crippen LogP) is -3.68. The molecule has 6 rings (SSSR count). The van der Waals surface area contributed by atoms with Crippen LogP contribution in [0.15, 0.2) is 22.2 Å². The number of imidazole rings is 2. The van der Waals surface area contributed by atoms with Gasteiger partial charge in [0.1, 0.15) is 36.6 Å². The van der Waals surface area contributed by atoms with Gasteiger partial charge in [0.15, 0.2) is 12.7 Å². The van der Waals surface area contributed by atoms with E-state index in [0.717, 1.165) is 7.11 Å². The molecule has 286 valence electrons. The fraction of sp³-hybridized carbons (Fsp3) is 0.565. The normalized spacial score (nSPS) is 30.1. The Labute approximate surface area is 289 Å². The van der Waals surface area contributed by atoms with Gasteiger partial charge < -0.3 is 54.9 Å². The first kappa shape index (κ1) is 38.4. The van der Waals surface area contributed by atoms with Crippen LogP contribution in [0.3, 0.4) is 0 Å². The Morgan fingerprint density at radius 3 is 2.35 bits per heavy atom. The number of hydrogen-bond acceptors (Lipinski definition) is 17. The smallest absolute Gasteiger partial charge is 0.387 e. The Morgan fingerprint density at radius 1 is 0.962 bits per heavy atom. The Morgan fingerprint density at radius 2 is 1.65 bits per heavy atom. The van der Waals surface area contributed by atoms with Gasteiger partial charge in [-0.3, -0.25) is 23.4 Å². The summed E-state index contributed by atoms with van der Waals surface area (Å²) < 4.78 is 71.9. The highest BCUT2D eigenvalue weighted by Crippen LogP contribution is 2.68. The molecule has 0 spiro atoms. The van der Waals surface area contributed by atoms with Crippen LogP contribution in [0.2, 0.25) is 0 Å². The highest BCUT2D eigenvalue weighted by atomic mass is 31.3. The molecular weight excluding hydrogens is 767 g/mol. The minimum atomic E-state index is -5.91. The third kappa shape index (κ3) is 7.29. The van der Waals surface area contributed by atoms with Crippen LogP contribution < -0.4 is 26.0 Å². The van der Waals surface area contributed by atoms with E-state index in [-0.39, 0.29) is 34.1 Å². The van der Waals surface area contributed by atoms with Crippen molar-refractivity contribution in [2.75, 3.05) is 25.6 Å². The number of nitrogens with two attached hydrogens (primary N) is 1. The number of methoxy groups -OCH3 is 1. The molecule has 2 aliphatic heterocycles. The van der Waals surface area contributed by atoms with Gasteiger partial charge in [0.25, 0.3) is 17.2 Å². The molecule has 6 heterocycles. The molecule has 2 fully saturated rings. The second kappa shape index (κ2) is 13.8. The Bertz CT molecular complexity index is 2280. The van der Waals surface area contributed by atoms with Crippen molar-refractivity contribution in [1.29, 1.82) is 0 Å². The number of ether oxygens (including phenoxy) is 3. The third-order valence-electron chi connectivity index (χ3n) is 8.22.